The van der Waals surface area contributed by atoms with E-state index < -0.39 is 5.60 Å². The molecule has 3 rings (SSSR count). The highest BCUT2D eigenvalue weighted by molar-refractivity contribution is 5.72. The first-order valence-corrected chi connectivity index (χ1v) is 10.3. The lowest BCUT2D eigenvalue weighted by molar-refractivity contribution is 0.00923. The van der Waals surface area contributed by atoms with Gasteiger partial charge in [-0.3, -0.25) is 0 Å². The van der Waals surface area contributed by atoms with Crippen molar-refractivity contribution in [3.63, 3.8) is 0 Å². The Bertz CT molecular complexity index is 908. The number of benzene rings is 1. The Morgan fingerprint density at radius 3 is 2.70 bits per heavy atom. The fourth-order valence-corrected chi connectivity index (χ4v) is 3.83. The summed E-state index contributed by atoms with van der Waals surface area (Å²) in [5.74, 6) is 0.463. The van der Waals surface area contributed by atoms with Gasteiger partial charge in [0.15, 0.2) is 0 Å². The number of aromatic hydroxyl groups is 1. The van der Waals surface area contributed by atoms with E-state index in [-0.39, 0.29) is 24.5 Å². The van der Waals surface area contributed by atoms with Gasteiger partial charge in [0.2, 0.25) is 0 Å². The highest BCUT2D eigenvalue weighted by atomic mass is 16.6. The molecule has 2 heterocycles. The normalized spacial score (nSPS) is 17.1. The van der Waals surface area contributed by atoms with E-state index in [1.54, 1.807) is 30.2 Å². The van der Waals surface area contributed by atoms with Crippen LogP contribution in [0.2, 0.25) is 0 Å². The summed E-state index contributed by atoms with van der Waals surface area (Å²) in [6.07, 6.45) is 2.36. The van der Waals surface area contributed by atoms with Crippen LogP contribution in [0.3, 0.4) is 0 Å². The molecule has 1 aliphatic rings. The third kappa shape index (κ3) is 4.84. The predicted molar refractivity (Wildman–Crippen MR) is 116 cm³/mol. The number of pyridine rings is 1. The van der Waals surface area contributed by atoms with Crippen molar-refractivity contribution < 1.29 is 19.4 Å². The monoisotopic (exact) mass is 413 g/mol. The molecule has 0 aliphatic carbocycles. The number of aromatic nitrogens is 1. The van der Waals surface area contributed by atoms with Gasteiger partial charge in [0, 0.05) is 24.8 Å². The van der Waals surface area contributed by atoms with Crippen LogP contribution in [-0.4, -0.2) is 40.3 Å². The number of phenolic OH excluding ortho intramolecular Hbond substituents is 1. The van der Waals surface area contributed by atoms with Crippen LogP contribution in [0.25, 0.3) is 11.3 Å². The molecule has 1 aliphatic heterocycles. The number of likely N-dealkylation sites (tertiary alicyclic amines) is 1. The Hall–Kier alpha value is -2.80. The molecule has 2 aromatic rings. The number of carbonyl (C=O) groups is 1. The fourth-order valence-electron chi connectivity index (χ4n) is 3.83. The lowest BCUT2D eigenvalue weighted by Gasteiger charge is -2.38. The second-order valence-corrected chi connectivity index (χ2v) is 8.60. The van der Waals surface area contributed by atoms with Crippen LogP contribution in [0, 0.1) is 0 Å². The molecule has 1 aromatic heterocycles. The van der Waals surface area contributed by atoms with E-state index in [1.807, 2.05) is 32.9 Å². The van der Waals surface area contributed by atoms with Crippen molar-refractivity contribution in [1.82, 2.24) is 9.88 Å². The standard InChI is InChI=1S/C23H31N3O4/c1-23(2,3)30-22(28)26-12-8-7-10-19(26)16-13-18(15-9-5-6-11-20(15)27)25-21(24)17(16)14-29-4/h5-6,9,11,13,19,27H,7-8,10,12,14H2,1-4H3,(H2,24,25). The lowest BCUT2D eigenvalue weighted by atomic mass is 9.91. The number of anilines is 1. The van der Waals surface area contributed by atoms with Gasteiger partial charge >= 0.3 is 6.09 Å². The second kappa shape index (κ2) is 8.92. The van der Waals surface area contributed by atoms with Gasteiger partial charge in [0.25, 0.3) is 0 Å². The van der Waals surface area contributed by atoms with E-state index in [4.69, 9.17) is 15.2 Å². The molecule has 1 unspecified atom stereocenters. The number of rotatable bonds is 4. The highest BCUT2D eigenvalue weighted by Crippen LogP contribution is 2.38. The van der Waals surface area contributed by atoms with Gasteiger partial charge in [0.05, 0.1) is 18.3 Å². The van der Waals surface area contributed by atoms with Gasteiger partial charge in [-0.05, 0) is 63.8 Å². The number of hydrogen-bond donors (Lipinski definition) is 2. The van der Waals surface area contributed by atoms with E-state index in [0.717, 1.165) is 30.4 Å². The van der Waals surface area contributed by atoms with Gasteiger partial charge in [-0.25, -0.2) is 9.78 Å². The maximum atomic E-state index is 12.9. The van der Waals surface area contributed by atoms with Crippen LogP contribution >= 0.6 is 0 Å². The van der Waals surface area contributed by atoms with Crippen LogP contribution in [0.4, 0.5) is 10.6 Å². The number of hydrogen-bond acceptors (Lipinski definition) is 6. The summed E-state index contributed by atoms with van der Waals surface area (Å²) in [4.78, 5) is 19.2. The Kier molecular flexibility index (Phi) is 6.51. The Labute approximate surface area is 177 Å². The first kappa shape index (κ1) is 21.9. The molecule has 1 fully saturated rings. The maximum Gasteiger partial charge on any atom is 0.410 e. The molecule has 1 saturated heterocycles. The number of piperidine rings is 1. The summed E-state index contributed by atoms with van der Waals surface area (Å²) >= 11 is 0. The zero-order valence-corrected chi connectivity index (χ0v) is 18.1. The second-order valence-electron chi connectivity index (χ2n) is 8.60. The van der Waals surface area contributed by atoms with Crippen LogP contribution in [-0.2, 0) is 16.1 Å². The minimum absolute atomic E-state index is 0.127. The average molecular weight is 414 g/mol. The number of methoxy groups -OCH3 is 1. The molecule has 0 spiro atoms. The zero-order chi connectivity index (χ0) is 21.9. The number of nitrogens with zero attached hydrogens (tertiary/aromatic N) is 2. The van der Waals surface area contributed by atoms with Crippen molar-refractivity contribution in [2.24, 2.45) is 0 Å². The molecule has 162 valence electrons. The smallest absolute Gasteiger partial charge is 0.410 e. The van der Waals surface area contributed by atoms with Crippen LogP contribution in [0.1, 0.15) is 57.2 Å². The van der Waals surface area contributed by atoms with Gasteiger partial charge < -0.3 is 25.2 Å². The molecule has 1 atom stereocenters. The molecule has 0 bridgehead atoms. The molecule has 7 heteroatoms. The number of carbonyl (C=O) groups excluding carboxylic acids is 1. The maximum absolute atomic E-state index is 12.9. The zero-order valence-electron chi connectivity index (χ0n) is 18.1. The van der Waals surface area contributed by atoms with Gasteiger partial charge in [-0.1, -0.05) is 12.1 Å². The molecule has 3 N–H and O–H groups in total. The minimum Gasteiger partial charge on any atom is -0.507 e. The average Bonchev–Trinajstić information content (AvgIpc) is 2.68. The molecule has 1 amide bonds. The van der Waals surface area contributed by atoms with E-state index in [2.05, 4.69) is 4.98 Å². The number of nitrogen functional groups attached to an aromatic ring is 1. The fraction of sp³-hybridized carbons (Fsp3) is 0.478. The Morgan fingerprint density at radius 1 is 1.30 bits per heavy atom. The molecule has 7 nitrogen and oxygen atoms in total. The summed E-state index contributed by atoms with van der Waals surface area (Å²) in [5.41, 5.74) is 8.54. The van der Waals surface area contributed by atoms with Crippen LogP contribution in [0.5, 0.6) is 5.75 Å². The van der Waals surface area contributed by atoms with Crippen molar-refractivity contribution in [3.05, 3.63) is 41.5 Å². The van der Waals surface area contributed by atoms with Gasteiger partial charge in [-0.2, -0.15) is 0 Å². The molecular weight excluding hydrogens is 382 g/mol. The minimum atomic E-state index is -0.577. The molecule has 0 saturated carbocycles. The third-order valence-corrected chi connectivity index (χ3v) is 5.15. The van der Waals surface area contributed by atoms with E-state index in [9.17, 15) is 9.90 Å². The Morgan fingerprint density at radius 2 is 2.03 bits per heavy atom. The van der Waals surface area contributed by atoms with Crippen molar-refractivity contribution >= 4 is 11.9 Å². The van der Waals surface area contributed by atoms with E-state index in [0.29, 0.717) is 23.6 Å². The van der Waals surface area contributed by atoms with E-state index >= 15 is 0 Å². The third-order valence-electron chi connectivity index (χ3n) is 5.15. The topological polar surface area (TPSA) is 97.9 Å². The Balaban J connectivity index is 2.09. The number of ether oxygens (including phenoxy) is 2. The van der Waals surface area contributed by atoms with Crippen molar-refractivity contribution in [2.45, 2.75) is 58.3 Å². The van der Waals surface area contributed by atoms with Crippen molar-refractivity contribution in [2.75, 3.05) is 19.4 Å². The number of amides is 1. The highest BCUT2D eigenvalue weighted by Gasteiger charge is 2.33. The molecule has 0 radical (unpaired) electrons. The lowest BCUT2D eigenvalue weighted by Crippen LogP contribution is -2.42. The number of phenols is 1. The van der Waals surface area contributed by atoms with Gasteiger partial charge in [-0.15, -0.1) is 0 Å². The quantitative estimate of drug-likeness (QED) is 0.757. The van der Waals surface area contributed by atoms with E-state index in [1.165, 1.54) is 0 Å². The molecule has 30 heavy (non-hydrogen) atoms. The predicted octanol–water partition coefficient (Wildman–Crippen LogP) is 4.64. The first-order valence-electron chi connectivity index (χ1n) is 10.3. The molecule has 1 aromatic carbocycles. The van der Waals surface area contributed by atoms with Crippen molar-refractivity contribution in [1.29, 1.82) is 0 Å². The summed E-state index contributed by atoms with van der Waals surface area (Å²) < 4.78 is 11.0. The van der Waals surface area contributed by atoms with Crippen LogP contribution < -0.4 is 5.73 Å². The summed E-state index contributed by atoms with van der Waals surface area (Å²) in [7, 11) is 1.60. The van der Waals surface area contributed by atoms with Crippen molar-refractivity contribution in [3.8, 4) is 17.0 Å². The first-order chi connectivity index (χ1) is 14.2. The largest absolute Gasteiger partial charge is 0.507 e. The van der Waals surface area contributed by atoms with Gasteiger partial charge in [0.1, 0.15) is 17.2 Å². The summed E-state index contributed by atoms with van der Waals surface area (Å²) in [5, 5.41) is 10.3. The molecular formula is C23H31N3O4. The summed E-state index contributed by atoms with van der Waals surface area (Å²) in [6.45, 7) is 6.48. The van der Waals surface area contributed by atoms with Crippen LogP contribution in [0.15, 0.2) is 30.3 Å². The number of para-hydroxylation sites is 1. The number of nitrogens with two attached hydrogens (primary N) is 1. The summed E-state index contributed by atoms with van der Waals surface area (Å²) in [6, 6.07) is 8.71. The SMILES string of the molecule is COCc1c(C2CCCCN2C(=O)OC(C)(C)C)cc(-c2ccccc2O)nc1N.